The van der Waals surface area contributed by atoms with Crippen molar-refractivity contribution in [2.24, 2.45) is 0 Å². The van der Waals surface area contributed by atoms with Gasteiger partial charge in [0, 0.05) is 49.1 Å². The molecule has 1 atom stereocenters. The Balaban J connectivity index is 1.12. The first-order valence-corrected chi connectivity index (χ1v) is 13.3. The average molecular weight is 528 g/mol. The Labute approximate surface area is 226 Å². The largest absolute Gasteiger partial charge is 0.491 e. The number of nitrogens with zero attached hydrogens (tertiary/aromatic N) is 2. The summed E-state index contributed by atoms with van der Waals surface area (Å²) in [5.41, 5.74) is 3.04. The van der Waals surface area contributed by atoms with Crippen LogP contribution >= 0.6 is 0 Å². The Hall–Kier alpha value is -4.08. The lowest BCUT2D eigenvalue weighted by atomic mass is 9.77. The molecule has 0 aromatic heterocycles. The van der Waals surface area contributed by atoms with Gasteiger partial charge in [-0.1, -0.05) is 30.3 Å². The molecule has 1 fully saturated rings. The summed E-state index contributed by atoms with van der Waals surface area (Å²) < 4.78 is 22.6. The second-order valence-corrected chi connectivity index (χ2v) is 10.2. The van der Waals surface area contributed by atoms with Crippen molar-refractivity contribution in [2.75, 3.05) is 57.7 Å². The predicted molar refractivity (Wildman–Crippen MR) is 143 cm³/mol. The molecule has 9 nitrogen and oxygen atoms in total. The zero-order valence-corrected chi connectivity index (χ0v) is 21.5. The van der Waals surface area contributed by atoms with Crippen molar-refractivity contribution in [3.8, 4) is 17.2 Å². The minimum atomic E-state index is -0.957. The molecule has 39 heavy (non-hydrogen) atoms. The van der Waals surface area contributed by atoms with Crippen LogP contribution in [0.1, 0.15) is 27.0 Å². The van der Waals surface area contributed by atoms with Crippen molar-refractivity contribution in [3.63, 3.8) is 0 Å². The first kappa shape index (κ1) is 24.0. The number of hydrogen-bond acceptors (Lipinski definition) is 7. The Bertz CT molecular complexity index is 1450. The molecule has 0 radical (unpaired) electrons. The maximum absolute atomic E-state index is 14.2. The molecule has 0 aliphatic carbocycles. The van der Waals surface area contributed by atoms with E-state index in [1.807, 2.05) is 54.6 Å². The molecule has 0 saturated carbocycles. The summed E-state index contributed by atoms with van der Waals surface area (Å²) >= 11 is 0. The summed E-state index contributed by atoms with van der Waals surface area (Å²) in [6.07, 6.45) is 0. The quantitative estimate of drug-likeness (QED) is 0.527. The topological polar surface area (TPSA) is 89.6 Å². The summed E-state index contributed by atoms with van der Waals surface area (Å²) in [4.78, 5) is 31.2. The van der Waals surface area contributed by atoms with E-state index >= 15 is 0 Å². The standard InChI is InChI=1S/C30H29N3O6/c34-28(31-8-9-32-10-12-36-13-11-32)21-5-3-4-20(14-21)17-33-24-7-2-1-6-22(24)30(29(33)35)18-37-25-16-27-26(15-23(25)30)38-19-39-27/h1-7,14-16H,8-13,17-19H2,(H,31,34). The molecule has 3 aromatic carbocycles. The molecule has 2 amide bonds. The van der Waals surface area contributed by atoms with E-state index in [0.717, 1.165) is 55.2 Å². The van der Waals surface area contributed by atoms with Gasteiger partial charge in [0.25, 0.3) is 5.91 Å². The summed E-state index contributed by atoms with van der Waals surface area (Å²) in [5.74, 6) is 1.71. The van der Waals surface area contributed by atoms with E-state index in [1.165, 1.54) is 0 Å². The van der Waals surface area contributed by atoms with E-state index in [2.05, 4.69) is 10.2 Å². The van der Waals surface area contributed by atoms with Crippen LogP contribution in [0.4, 0.5) is 5.69 Å². The fourth-order valence-electron chi connectivity index (χ4n) is 5.97. The number of carbonyl (C=O) groups is 2. The smallest absolute Gasteiger partial charge is 0.251 e. The minimum Gasteiger partial charge on any atom is -0.491 e. The van der Waals surface area contributed by atoms with Crippen LogP contribution in [0, 0.1) is 0 Å². The van der Waals surface area contributed by atoms with Crippen LogP contribution in [0.25, 0.3) is 0 Å². The Morgan fingerprint density at radius 1 is 0.897 bits per heavy atom. The van der Waals surface area contributed by atoms with Gasteiger partial charge in [-0.3, -0.25) is 14.5 Å². The van der Waals surface area contributed by atoms with Gasteiger partial charge in [-0.2, -0.15) is 0 Å². The molecule has 3 aromatic rings. The molecular weight excluding hydrogens is 498 g/mol. The number of fused-ring (bicyclic) bond motifs is 5. The van der Waals surface area contributed by atoms with Crippen LogP contribution in [0.15, 0.2) is 60.7 Å². The lowest BCUT2D eigenvalue weighted by molar-refractivity contribution is -0.122. The lowest BCUT2D eigenvalue weighted by Crippen LogP contribution is -2.42. The van der Waals surface area contributed by atoms with Crippen molar-refractivity contribution in [1.82, 2.24) is 10.2 Å². The van der Waals surface area contributed by atoms with Gasteiger partial charge < -0.3 is 29.2 Å². The molecule has 7 rings (SSSR count). The van der Waals surface area contributed by atoms with E-state index in [4.69, 9.17) is 18.9 Å². The Morgan fingerprint density at radius 2 is 1.72 bits per heavy atom. The normalized spacial score (nSPS) is 21.1. The fraction of sp³-hybridized carbons (Fsp3) is 0.333. The number of benzene rings is 3. The molecular formula is C30H29N3O6. The summed E-state index contributed by atoms with van der Waals surface area (Å²) in [6.45, 7) is 5.30. The zero-order valence-electron chi connectivity index (χ0n) is 21.5. The first-order chi connectivity index (χ1) is 19.1. The van der Waals surface area contributed by atoms with Gasteiger partial charge in [-0.05, 0) is 35.4 Å². The number of morpholine rings is 1. The minimum absolute atomic E-state index is 0.0540. The SMILES string of the molecule is O=C(NCCN1CCOCC1)c1cccc(CN2C(=O)C3(COc4cc5c(cc43)OCO5)c3ccccc32)c1. The zero-order chi connectivity index (χ0) is 26.4. The maximum atomic E-state index is 14.2. The van der Waals surface area contributed by atoms with Crippen molar-refractivity contribution >= 4 is 17.5 Å². The number of anilines is 1. The molecule has 4 heterocycles. The molecule has 0 bridgehead atoms. The van der Waals surface area contributed by atoms with E-state index < -0.39 is 5.41 Å². The van der Waals surface area contributed by atoms with E-state index in [0.29, 0.717) is 35.9 Å². The summed E-state index contributed by atoms with van der Waals surface area (Å²) in [6, 6.07) is 19.0. The van der Waals surface area contributed by atoms with Gasteiger partial charge >= 0.3 is 0 Å². The number of carbonyl (C=O) groups excluding carboxylic acids is 2. The summed E-state index contributed by atoms with van der Waals surface area (Å²) in [7, 11) is 0. The van der Waals surface area contributed by atoms with E-state index in [1.54, 1.807) is 11.0 Å². The Morgan fingerprint density at radius 3 is 2.59 bits per heavy atom. The Kier molecular flexibility index (Phi) is 5.90. The molecule has 1 unspecified atom stereocenters. The molecule has 1 N–H and O–H groups in total. The van der Waals surface area contributed by atoms with Crippen LogP contribution in [0.2, 0.25) is 0 Å². The van der Waals surface area contributed by atoms with Crippen LogP contribution < -0.4 is 24.4 Å². The molecule has 1 saturated heterocycles. The van der Waals surface area contributed by atoms with Gasteiger partial charge in [0.2, 0.25) is 12.7 Å². The number of nitrogens with one attached hydrogen (secondary N) is 1. The third-order valence-corrected chi connectivity index (χ3v) is 7.99. The summed E-state index contributed by atoms with van der Waals surface area (Å²) in [5, 5.41) is 3.02. The fourth-order valence-corrected chi connectivity index (χ4v) is 5.97. The van der Waals surface area contributed by atoms with Gasteiger partial charge in [-0.15, -0.1) is 0 Å². The van der Waals surface area contributed by atoms with Crippen molar-refractivity contribution in [1.29, 1.82) is 0 Å². The highest BCUT2D eigenvalue weighted by Crippen LogP contribution is 2.55. The molecule has 1 spiro atoms. The molecule has 4 aliphatic heterocycles. The number of para-hydroxylation sites is 1. The van der Waals surface area contributed by atoms with Crippen LogP contribution in [-0.2, 0) is 21.5 Å². The molecule has 9 heteroatoms. The lowest BCUT2D eigenvalue weighted by Gasteiger charge is -2.26. The number of ether oxygens (including phenoxy) is 4. The molecule has 200 valence electrons. The molecule has 4 aliphatic rings. The maximum Gasteiger partial charge on any atom is 0.251 e. The average Bonchev–Trinajstić information content (AvgIpc) is 3.65. The van der Waals surface area contributed by atoms with Gasteiger partial charge in [0.1, 0.15) is 17.8 Å². The third kappa shape index (κ3) is 4.00. The third-order valence-electron chi connectivity index (χ3n) is 7.99. The van der Waals surface area contributed by atoms with E-state index in [9.17, 15) is 9.59 Å². The van der Waals surface area contributed by atoms with Crippen molar-refractivity contribution < 1.29 is 28.5 Å². The van der Waals surface area contributed by atoms with Gasteiger partial charge in [0.05, 0.1) is 19.8 Å². The number of rotatable bonds is 6. The van der Waals surface area contributed by atoms with Crippen LogP contribution in [-0.4, -0.2) is 69.5 Å². The number of hydrogen-bond donors (Lipinski definition) is 1. The van der Waals surface area contributed by atoms with Crippen LogP contribution in [0.3, 0.4) is 0 Å². The number of amides is 2. The van der Waals surface area contributed by atoms with E-state index in [-0.39, 0.29) is 25.2 Å². The van der Waals surface area contributed by atoms with Crippen molar-refractivity contribution in [3.05, 3.63) is 82.9 Å². The first-order valence-electron chi connectivity index (χ1n) is 13.3. The van der Waals surface area contributed by atoms with Crippen LogP contribution in [0.5, 0.6) is 17.2 Å². The van der Waals surface area contributed by atoms with Gasteiger partial charge in [-0.25, -0.2) is 0 Å². The predicted octanol–water partition coefficient (Wildman–Crippen LogP) is 2.70. The second kappa shape index (κ2) is 9.59. The highest BCUT2D eigenvalue weighted by atomic mass is 16.7. The van der Waals surface area contributed by atoms with Crippen molar-refractivity contribution in [2.45, 2.75) is 12.0 Å². The van der Waals surface area contributed by atoms with Gasteiger partial charge in [0.15, 0.2) is 11.5 Å². The second-order valence-electron chi connectivity index (χ2n) is 10.2. The highest BCUT2D eigenvalue weighted by molar-refractivity contribution is 6.11. The highest BCUT2D eigenvalue weighted by Gasteiger charge is 2.57. The monoisotopic (exact) mass is 527 g/mol.